The van der Waals surface area contributed by atoms with Crippen LogP contribution in [0.2, 0.25) is 0 Å². The number of rotatable bonds is 2. The summed E-state index contributed by atoms with van der Waals surface area (Å²) in [7, 11) is 0. The van der Waals surface area contributed by atoms with Gasteiger partial charge < -0.3 is 9.84 Å². The summed E-state index contributed by atoms with van der Waals surface area (Å²) in [5.74, 6) is -1.43. The zero-order chi connectivity index (χ0) is 18.3. The molecule has 0 aromatic carbocycles. The Kier molecular flexibility index (Phi) is 7.50. The zero-order valence-corrected chi connectivity index (χ0v) is 16.5. The molecule has 0 atom stereocenters. The third-order valence-electron chi connectivity index (χ3n) is 2.31. The van der Waals surface area contributed by atoms with Gasteiger partial charge in [0.1, 0.15) is 5.60 Å². The van der Waals surface area contributed by atoms with Gasteiger partial charge in [0.05, 0.1) is 8.95 Å². The Morgan fingerprint density at radius 2 is 1.46 bits per heavy atom. The van der Waals surface area contributed by atoms with Gasteiger partial charge in [0.15, 0.2) is 11.4 Å². The number of carbonyl (C=O) groups excluding carboxylic acids is 1. The molecule has 0 aliphatic heterocycles. The number of pyridine rings is 2. The predicted molar refractivity (Wildman–Crippen MR) is 96.0 cm³/mol. The van der Waals surface area contributed by atoms with E-state index in [0.29, 0.717) is 14.6 Å². The van der Waals surface area contributed by atoms with Crippen LogP contribution in [-0.4, -0.2) is 32.6 Å². The van der Waals surface area contributed by atoms with E-state index < -0.39 is 17.5 Å². The number of hydrogen-bond acceptors (Lipinski definition) is 5. The molecule has 8 heteroatoms. The van der Waals surface area contributed by atoms with Crippen LogP contribution in [0.25, 0.3) is 0 Å². The van der Waals surface area contributed by atoms with Crippen LogP contribution in [-0.2, 0) is 4.74 Å². The van der Waals surface area contributed by atoms with Crippen LogP contribution in [0.1, 0.15) is 41.7 Å². The standard InChI is InChI=1S/C10H12BrNO2.C6H4BrNO2/c1-10(2,3)14-9(13)8-7(11)5-4-6-12-8;7-4-2-1-3-8-5(4)6(9)10/h4-6H,1-3H3;1-3H,(H,9,10). The summed E-state index contributed by atoms with van der Waals surface area (Å²) in [4.78, 5) is 29.5. The Morgan fingerprint density at radius 3 is 1.79 bits per heavy atom. The van der Waals surface area contributed by atoms with Gasteiger partial charge in [-0.05, 0) is 76.9 Å². The highest BCUT2D eigenvalue weighted by atomic mass is 79.9. The van der Waals surface area contributed by atoms with E-state index in [1.165, 1.54) is 6.20 Å². The van der Waals surface area contributed by atoms with Crippen LogP contribution >= 0.6 is 31.9 Å². The first-order valence-electron chi connectivity index (χ1n) is 6.79. The van der Waals surface area contributed by atoms with E-state index >= 15 is 0 Å². The third-order valence-corrected chi connectivity index (χ3v) is 3.59. The SMILES string of the molecule is CC(C)(C)OC(=O)c1ncccc1Br.O=C(O)c1ncccc1Br. The fourth-order valence-corrected chi connectivity index (χ4v) is 2.25. The van der Waals surface area contributed by atoms with E-state index in [0.717, 1.165) is 0 Å². The van der Waals surface area contributed by atoms with Crippen molar-refractivity contribution < 1.29 is 19.4 Å². The van der Waals surface area contributed by atoms with Crippen molar-refractivity contribution in [3.8, 4) is 0 Å². The highest BCUT2D eigenvalue weighted by Gasteiger charge is 2.20. The number of carboxylic acids is 1. The molecule has 6 nitrogen and oxygen atoms in total. The minimum atomic E-state index is -1.02. The Morgan fingerprint density at radius 1 is 1.00 bits per heavy atom. The zero-order valence-electron chi connectivity index (χ0n) is 13.3. The molecule has 0 saturated heterocycles. The lowest BCUT2D eigenvalue weighted by Crippen LogP contribution is -2.24. The topological polar surface area (TPSA) is 89.4 Å². The van der Waals surface area contributed by atoms with Crippen molar-refractivity contribution in [3.63, 3.8) is 0 Å². The van der Waals surface area contributed by atoms with E-state index in [2.05, 4.69) is 41.8 Å². The highest BCUT2D eigenvalue weighted by Crippen LogP contribution is 2.17. The second-order valence-electron chi connectivity index (χ2n) is 5.47. The number of nitrogens with zero attached hydrogens (tertiary/aromatic N) is 2. The maximum absolute atomic E-state index is 11.6. The van der Waals surface area contributed by atoms with Crippen LogP contribution in [0.5, 0.6) is 0 Å². The molecule has 24 heavy (non-hydrogen) atoms. The summed E-state index contributed by atoms with van der Waals surface area (Å²) in [5.41, 5.74) is -0.140. The van der Waals surface area contributed by atoms with Gasteiger partial charge in [-0.15, -0.1) is 0 Å². The van der Waals surface area contributed by atoms with Crippen LogP contribution in [0.15, 0.2) is 45.6 Å². The van der Waals surface area contributed by atoms with E-state index in [4.69, 9.17) is 9.84 Å². The van der Waals surface area contributed by atoms with Gasteiger partial charge in [0, 0.05) is 12.4 Å². The number of hydrogen-bond donors (Lipinski definition) is 1. The van der Waals surface area contributed by atoms with Crippen molar-refractivity contribution in [2.75, 3.05) is 0 Å². The van der Waals surface area contributed by atoms with Gasteiger partial charge in [0.2, 0.25) is 0 Å². The molecule has 0 radical (unpaired) electrons. The Bertz CT molecular complexity index is 730. The fraction of sp³-hybridized carbons (Fsp3) is 0.250. The largest absolute Gasteiger partial charge is 0.476 e. The van der Waals surface area contributed by atoms with Crippen molar-refractivity contribution in [2.45, 2.75) is 26.4 Å². The highest BCUT2D eigenvalue weighted by molar-refractivity contribution is 9.10. The number of aromatic carboxylic acids is 1. The normalized spacial score (nSPS) is 10.4. The molecule has 2 aromatic rings. The molecular formula is C16H16Br2N2O4. The molecule has 1 N–H and O–H groups in total. The summed E-state index contributed by atoms with van der Waals surface area (Å²) >= 11 is 6.29. The number of carbonyl (C=O) groups is 2. The second kappa shape index (κ2) is 8.89. The molecule has 0 amide bonds. The summed E-state index contributed by atoms with van der Waals surface area (Å²) in [6.07, 6.45) is 3.00. The summed E-state index contributed by atoms with van der Waals surface area (Å²) in [5, 5.41) is 8.47. The Balaban J connectivity index is 0.000000254. The number of carboxylic acid groups (broad SMARTS) is 1. The Hall–Kier alpha value is -1.80. The lowest BCUT2D eigenvalue weighted by molar-refractivity contribution is 0.00615. The average Bonchev–Trinajstić information content (AvgIpc) is 2.46. The number of esters is 1. The van der Waals surface area contributed by atoms with Gasteiger partial charge in [-0.25, -0.2) is 19.6 Å². The number of aromatic nitrogens is 2. The lowest BCUT2D eigenvalue weighted by atomic mass is 10.2. The van der Waals surface area contributed by atoms with Crippen LogP contribution < -0.4 is 0 Å². The first-order valence-corrected chi connectivity index (χ1v) is 8.38. The van der Waals surface area contributed by atoms with Gasteiger partial charge in [0.25, 0.3) is 0 Å². The minimum absolute atomic E-state index is 0.0440. The summed E-state index contributed by atoms with van der Waals surface area (Å²) in [6, 6.07) is 6.80. The third kappa shape index (κ3) is 6.76. The molecule has 2 rings (SSSR count). The van der Waals surface area contributed by atoms with E-state index in [1.807, 2.05) is 20.8 Å². The van der Waals surface area contributed by atoms with Crippen molar-refractivity contribution in [1.29, 1.82) is 0 Å². The molecule has 128 valence electrons. The van der Waals surface area contributed by atoms with E-state index in [-0.39, 0.29) is 5.69 Å². The first-order chi connectivity index (χ1) is 11.1. The van der Waals surface area contributed by atoms with Crippen LogP contribution in [0.3, 0.4) is 0 Å². The molecule has 0 saturated carbocycles. The Labute approximate surface area is 156 Å². The van der Waals surface area contributed by atoms with Crippen LogP contribution in [0, 0.1) is 0 Å². The van der Waals surface area contributed by atoms with Crippen molar-refractivity contribution in [1.82, 2.24) is 9.97 Å². The predicted octanol–water partition coefficient (Wildman–Crippen LogP) is 4.34. The molecular weight excluding hydrogens is 444 g/mol. The van der Waals surface area contributed by atoms with Crippen molar-refractivity contribution in [3.05, 3.63) is 57.0 Å². The van der Waals surface area contributed by atoms with E-state index in [9.17, 15) is 9.59 Å². The van der Waals surface area contributed by atoms with Crippen molar-refractivity contribution in [2.24, 2.45) is 0 Å². The van der Waals surface area contributed by atoms with Crippen molar-refractivity contribution >= 4 is 43.8 Å². The monoisotopic (exact) mass is 458 g/mol. The summed E-state index contributed by atoms with van der Waals surface area (Å²) < 4.78 is 6.32. The molecule has 0 unspecified atom stereocenters. The maximum Gasteiger partial charge on any atom is 0.358 e. The lowest BCUT2D eigenvalue weighted by Gasteiger charge is -2.19. The molecule has 0 bridgehead atoms. The van der Waals surface area contributed by atoms with Gasteiger partial charge >= 0.3 is 11.9 Å². The molecule has 0 aliphatic rings. The van der Waals surface area contributed by atoms with Gasteiger partial charge in [-0.3, -0.25) is 0 Å². The molecule has 0 spiro atoms. The van der Waals surface area contributed by atoms with E-state index in [1.54, 1.807) is 30.5 Å². The number of halogens is 2. The molecule has 0 aliphatic carbocycles. The minimum Gasteiger partial charge on any atom is -0.476 e. The molecule has 2 heterocycles. The average molecular weight is 460 g/mol. The fourth-order valence-electron chi connectivity index (χ4n) is 1.41. The second-order valence-corrected chi connectivity index (χ2v) is 7.18. The maximum atomic E-state index is 11.6. The molecule has 2 aromatic heterocycles. The quantitative estimate of drug-likeness (QED) is 0.671. The smallest absolute Gasteiger partial charge is 0.358 e. The van der Waals surface area contributed by atoms with Gasteiger partial charge in [-0.1, -0.05) is 0 Å². The molecule has 0 fully saturated rings. The first kappa shape index (κ1) is 20.2. The van der Waals surface area contributed by atoms with Gasteiger partial charge in [-0.2, -0.15) is 0 Å². The van der Waals surface area contributed by atoms with Crippen LogP contribution in [0.4, 0.5) is 0 Å². The summed E-state index contributed by atoms with van der Waals surface area (Å²) in [6.45, 7) is 5.46. The number of ether oxygens (including phenoxy) is 1.